The maximum atomic E-state index is 8.56. The molecule has 0 aromatic heterocycles. The van der Waals surface area contributed by atoms with Gasteiger partial charge < -0.3 is 15.9 Å². The molecule has 0 amide bonds. The van der Waals surface area contributed by atoms with Gasteiger partial charge in [0.05, 0.1) is 12.7 Å². The van der Waals surface area contributed by atoms with E-state index in [0.29, 0.717) is 0 Å². The van der Waals surface area contributed by atoms with Crippen LogP contribution in [0.5, 0.6) is 0 Å². The lowest BCUT2D eigenvalue weighted by Crippen LogP contribution is -2.33. The average Bonchev–Trinajstić information content (AvgIpc) is 1.65. The molecule has 0 saturated carbocycles. The smallest absolute Gasteiger partial charge is 0.0918 e. The minimum Gasteiger partial charge on any atom is -0.394 e. The molecule has 0 radical (unpaired) electrons. The molecule has 2 atom stereocenters. The summed E-state index contributed by atoms with van der Waals surface area (Å²) in [6.45, 7) is 1.39. The summed E-state index contributed by atoms with van der Waals surface area (Å²) in [6, 6.07) is -0.329. The van der Waals surface area contributed by atoms with Crippen LogP contribution < -0.4 is 5.73 Å². The first-order chi connectivity index (χ1) is 3.18. The maximum Gasteiger partial charge on any atom is 0.0918 e. The Balaban J connectivity index is 3.14. The van der Waals surface area contributed by atoms with E-state index in [1.54, 1.807) is 6.92 Å². The predicted octanol–water partition coefficient (Wildman–Crippen LogP) is -1.31. The lowest BCUT2D eigenvalue weighted by atomic mass is 10.2. The zero-order valence-electron chi connectivity index (χ0n) is 4.33. The third kappa shape index (κ3) is 2.56. The monoisotopic (exact) mass is 105 g/mol. The van der Waals surface area contributed by atoms with Gasteiger partial charge in [0.2, 0.25) is 0 Å². The van der Waals surface area contributed by atoms with Crippen molar-refractivity contribution in [3.05, 3.63) is 0 Å². The van der Waals surface area contributed by atoms with Crippen LogP contribution in [0.25, 0.3) is 0 Å². The highest BCUT2D eigenvalue weighted by Gasteiger charge is 2.05. The van der Waals surface area contributed by atoms with Crippen LogP contribution in [-0.2, 0) is 0 Å². The Morgan fingerprint density at radius 3 is 2.14 bits per heavy atom. The van der Waals surface area contributed by atoms with Crippen molar-refractivity contribution in [2.45, 2.75) is 19.1 Å². The quantitative estimate of drug-likeness (QED) is 0.408. The number of nitrogens with two attached hydrogens (primary N) is 1. The molecule has 7 heavy (non-hydrogen) atoms. The van der Waals surface area contributed by atoms with Gasteiger partial charge in [0.25, 0.3) is 0 Å². The van der Waals surface area contributed by atoms with Crippen LogP contribution in [0.4, 0.5) is 0 Å². The van der Waals surface area contributed by atoms with Gasteiger partial charge in [-0.2, -0.15) is 0 Å². The van der Waals surface area contributed by atoms with Gasteiger partial charge in [-0.25, -0.2) is 0 Å². The van der Waals surface area contributed by atoms with E-state index in [0.717, 1.165) is 0 Å². The first kappa shape index (κ1) is 6.88. The molecule has 3 heteroatoms. The highest BCUT2D eigenvalue weighted by molar-refractivity contribution is 4.62. The fraction of sp³-hybridized carbons (Fsp3) is 1.00. The molecule has 0 aliphatic carbocycles. The van der Waals surface area contributed by atoms with Gasteiger partial charge in [0.1, 0.15) is 0 Å². The average molecular weight is 105 g/mol. The van der Waals surface area contributed by atoms with Crippen LogP contribution in [0.15, 0.2) is 0 Å². The van der Waals surface area contributed by atoms with Crippen molar-refractivity contribution in [2.24, 2.45) is 5.73 Å². The molecule has 0 aromatic carbocycles. The number of rotatable bonds is 2. The second-order valence-corrected chi connectivity index (χ2v) is 1.61. The molecule has 4 N–H and O–H groups in total. The van der Waals surface area contributed by atoms with Crippen LogP contribution in [0.3, 0.4) is 0 Å². The summed E-state index contributed by atoms with van der Waals surface area (Å²) in [6.07, 6.45) is -0.764. The molecular formula is C4H11NO2. The number of aliphatic hydroxyl groups excluding tert-OH is 2. The SMILES string of the molecule is C[C@H](N)[C@@H](O)CO. The molecule has 0 spiro atoms. The number of aliphatic hydroxyl groups is 2. The van der Waals surface area contributed by atoms with Crippen LogP contribution >= 0.6 is 0 Å². The number of hydrogen-bond acceptors (Lipinski definition) is 3. The molecule has 0 unspecified atom stereocenters. The van der Waals surface area contributed by atoms with Crippen LogP contribution in [0.1, 0.15) is 6.92 Å². The largest absolute Gasteiger partial charge is 0.394 e. The van der Waals surface area contributed by atoms with Crippen molar-refractivity contribution in [2.75, 3.05) is 6.61 Å². The van der Waals surface area contributed by atoms with E-state index in [1.807, 2.05) is 0 Å². The minimum atomic E-state index is -0.764. The van der Waals surface area contributed by atoms with Crippen molar-refractivity contribution in [1.29, 1.82) is 0 Å². The highest BCUT2D eigenvalue weighted by Crippen LogP contribution is 1.83. The van der Waals surface area contributed by atoms with Crippen molar-refractivity contribution < 1.29 is 10.2 Å². The first-order valence-corrected chi connectivity index (χ1v) is 2.23. The Hall–Kier alpha value is -0.120. The second-order valence-electron chi connectivity index (χ2n) is 1.61. The summed E-state index contributed by atoms with van der Waals surface area (Å²) in [5.74, 6) is 0. The summed E-state index contributed by atoms with van der Waals surface area (Å²) in [7, 11) is 0. The Bertz CT molecular complexity index is 47.0. The maximum absolute atomic E-state index is 8.56. The van der Waals surface area contributed by atoms with E-state index in [9.17, 15) is 0 Å². The molecule has 44 valence electrons. The summed E-state index contributed by atoms with van der Waals surface area (Å²) in [5, 5.41) is 16.7. The molecule has 3 nitrogen and oxygen atoms in total. The van der Waals surface area contributed by atoms with Gasteiger partial charge in [-0.05, 0) is 6.92 Å². The van der Waals surface area contributed by atoms with E-state index in [4.69, 9.17) is 15.9 Å². The standard InChI is InChI=1S/C4H11NO2/c1-3(5)4(7)2-6/h3-4,6-7H,2,5H2,1H3/t3-,4-/m0/s1. The molecule has 0 heterocycles. The lowest BCUT2D eigenvalue weighted by Gasteiger charge is -2.08. The molecule has 0 rings (SSSR count). The third-order valence-electron chi connectivity index (χ3n) is 0.794. The van der Waals surface area contributed by atoms with Crippen molar-refractivity contribution in [3.8, 4) is 0 Å². The van der Waals surface area contributed by atoms with Crippen LogP contribution in [0.2, 0.25) is 0 Å². The lowest BCUT2D eigenvalue weighted by molar-refractivity contribution is 0.0789. The van der Waals surface area contributed by atoms with Crippen LogP contribution in [0, 0.1) is 0 Å². The summed E-state index contributed by atoms with van der Waals surface area (Å²) in [5.41, 5.74) is 5.14. The topological polar surface area (TPSA) is 66.5 Å². The fourth-order valence-corrected chi connectivity index (χ4v) is 0.166. The molecular weight excluding hydrogens is 94.0 g/mol. The highest BCUT2D eigenvalue weighted by atomic mass is 16.3. The number of hydrogen-bond donors (Lipinski definition) is 3. The molecule has 0 aromatic rings. The third-order valence-corrected chi connectivity index (χ3v) is 0.794. The minimum absolute atomic E-state index is 0.252. The summed E-state index contributed by atoms with van der Waals surface area (Å²) < 4.78 is 0. The van der Waals surface area contributed by atoms with E-state index >= 15 is 0 Å². The van der Waals surface area contributed by atoms with Crippen molar-refractivity contribution in [3.63, 3.8) is 0 Å². The van der Waals surface area contributed by atoms with Gasteiger partial charge in [-0.15, -0.1) is 0 Å². The van der Waals surface area contributed by atoms with E-state index in [-0.39, 0.29) is 12.6 Å². The van der Waals surface area contributed by atoms with Gasteiger partial charge in [-0.1, -0.05) is 0 Å². The van der Waals surface area contributed by atoms with Gasteiger partial charge in [0, 0.05) is 6.04 Å². The van der Waals surface area contributed by atoms with E-state index < -0.39 is 6.10 Å². The first-order valence-electron chi connectivity index (χ1n) is 2.23. The molecule has 0 aliphatic rings. The summed E-state index contributed by atoms with van der Waals surface area (Å²) >= 11 is 0. The zero-order chi connectivity index (χ0) is 5.86. The summed E-state index contributed by atoms with van der Waals surface area (Å²) in [4.78, 5) is 0. The van der Waals surface area contributed by atoms with Gasteiger partial charge in [0.15, 0.2) is 0 Å². The van der Waals surface area contributed by atoms with E-state index in [1.165, 1.54) is 0 Å². The predicted molar refractivity (Wildman–Crippen MR) is 26.7 cm³/mol. The van der Waals surface area contributed by atoms with Crippen molar-refractivity contribution >= 4 is 0 Å². The Morgan fingerprint density at radius 2 is 2.14 bits per heavy atom. The Kier molecular flexibility index (Phi) is 2.91. The molecule has 0 fully saturated rings. The van der Waals surface area contributed by atoms with Gasteiger partial charge >= 0.3 is 0 Å². The van der Waals surface area contributed by atoms with Crippen LogP contribution in [-0.4, -0.2) is 29.0 Å². The normalized spacial score (nSPS) is 18.9. The van der Waals surface area contributed by atoms with Gasteiger partial charge in [-0.3, -0.25) is 0 Å². The Morgan fingerprint density at radius 1 is 1.71 bits per heavy atom. The molecule has 0 saturated heterocycles. The van der Waals surface area contributed by atoms with Crippen molar-refractivity contribution in [1.82, 2.24) is 0 Å². The molecule has 0 bridgehead atoms. The Labute approximate surface area is 42.8 Å². The fourth-order valence-electron chi connectivity index (χ4n) is 0.166. The zero-order valence-corrected chi connectivity index (χ0v) is 4.33. The molecule has 0 aliphatic heterocycles. The second kappa shape index (κ2) is 2.96. The van der Waals surface area contributed by atoms with E-state index in [2.05, 4.69) is 0 Å².